The molecule has 0 amide bonds. The molecule has 7 aromatic carbocycles. The molecule has 0 radical (unpaired) electrons. The largest absolute Gasteiger partial charge is 0.460 e. The highest BCUT2D eigenvalue weighted by molar-refractivity contribution is 6.22. The number of allylic oxidation sites excluding steroid dienone is 1. The van der Waals surface area contributed by atoms with Crippen LogP contribution in [-0.4, -0.2) is 0 Å². The van der Waals surface area contributed by atoms with Gasteiger partial charge in [-0.3, -0.25) is 0 Å². The van der Waals surface area contributed by atoms with Crippen molar-refractivity contribution in [2.24, 2.45) is 0 Å². The van der Waals surface area contributed by atoms with Crippen molar-refractivity contribution < 1.29 is 15.4 Å². The molecule has 0 N–H and O–H groups in total. The summed E-state index contributed by atoms with van der Waals surface area (Å²) in [7, 11) is 0. The Balaban J connectivity index is 1.52. The fourth-order valence-corrected chi connectivity index (χ4v) is 6.47. The molecule has 0 unspecified atom stereocenters. The Morgan fingerprint density at radius 1 is 0.561 bits per heavy atom. The van der Waals surface area contributed by atoms with Crippen molar-refractivity contribution in [2.75, 3.05) is 0 Å². The van der Waals surface area contributed by atoms with Crippen LogP contribution in [0.2, 0.25) is 0 Å². The summed E-state index contributed by atoms with van der Waals surface area (Å²) < 4.78 is 78.3. The van der Waals surface area contributed by atoms with Gasteiger partial charge >= 0.3 is 0 Å². The Hall–Kier alpha value is -5.14. The molecule has 0 saturated heterocycles. The van der Waals surface area contributed by atoms with E-state index in [0.29, 0.717) is 27.8 Å². The predicted octanol–water partition coefficient (Wildman–Crippen LogP) is 11.3. The van der Waals surface area contributed by atoms with Crippen molar-refractivity contribution in [3.8, 4) is 22.3 Å². The molecule has 0 spiro atoms. The molecule has 0 fully saturated rings. The smallest absolute Gasteiger partial charge is 0.134 e. The van der Waals surface area contributed by atoms with Gasteiger partial charge < -0.3 is 4.42 Å². The lowest BCUT2D eigenvalue weighted by molar-refractivity contribution is 0.546. The third kappa shape index (κ3) is 3.36. The van der Waals surface area contributed by atoms with Crippen molar-refractivity contribution in [1.29, 1.82) is 0 Å². The first-order valence-electron chi connectivity index (χ1n) is 17.8. The van der Waals surface area contributed by atoms with E-state index in [-0.39, 0.29) is 45.7 Å². The number of fused-ring (bicyclic) bond motifs is 8. The summed E-state index contributed by atoms with van der Waals surface area (Å²) in [5, 5.41) is 5.56. The zero-order valence-electron chi connectivity index (χ0n) is 29.9. The monoisotopic (exact) mass is 530 g/mol. The summed E-state index contributed by atoms with van der Waals surface area (Å²) in [6.45, 7) is 0. The third-order valence-corrected chi connectivity index (χ3v) is 8.32. The Morgan fingerprint density at radius 3 is 1.85 bits per heavy atom. The lowest BCUT2D eigenvalue weighted by atomic mass is 9.85. The zero-order valence-corrected chi connectivity index (χ0v) is 21.9. The van der Waals surface area contributed by atoms with Crippen molar-refractivity contribution in [3.05, 3.63) is 139 Å². The van der Waals surface area contributed by atoms with Crippen LogP contribution in [0, 0.1) is 0 Å². The number of benzene rings is 7. The molecule has 0 aliphatic heterocycles. The minimum Gasteiger partial charge on any atom is -0.460 e. The summed E-state index contributed by atoms with van der Waals surface area (Å²) in [4.78, 5) is 0. The molecule has 1 aliphatic carbocycles. The summed E-state index contributed by atoms with van der Waals surface area (Å²) in [6.07, 6.45) is 5.74. The van der Waals surface area contributed by atoms with Gasteiger partial charge in [-0.2, -0.15) is 0 Å². The van der Waals surface area contributed by atoms with Crippen LogP contribution < -0.4 is 0 Å². The molecule has 0 bridgehead atoms. The maximum atomic E-state index is 9.29. The van der Waals surface area contributed by atoms with Gasteiger partial charge in [0.05, 0.1) is 11.0 Å². The van der Waals surface area contributed by atoms with Crippen LogP contribution in [0.1, 0.15) is 28.7 Å². The molecule has 1 aromatic heterocycles. The van der Waals surface area contributed by atoms with Gasteiger partial charge in [-0.1, -0.05) is 115 Å². The molecule has 192 valence electrons. The van der Waals surface area contributed by atoms with E-state index in [9.17, 15) is 5.48 Å². The van der Waals surface area contributed by atoms with Crippen LogP contribution in [0.3, 0.4) is 0 Å². The van der Waals surface area contributed by atoms with Gasteiger partial charge in [0.2, 0.25) is 0 Å². The Labute approximate surface area is 249 Å². The topological polar surface area (TPSA) is 13.1 Å². The lowest BCUT2D eigenvalue weighted by Gasteiger charge is -2.18. The number of hydrogen-bond donors (Lipinski definition) is 0. The maximum absolute atomic E-state index is 9.29. The SMILES string of the molecule is [2H]c1c([2H])c([2H])c2c(-c3ccc4ccc5ccccc5c4c3)c3c([2H])c([2H])c([2H])c([2H])c3c(-c3ccc4oc5c(c4c3)C=CCC5)c2c1[2H]. The van der Waals surface area contributed by atoms with Gasteiger partial charge in [0, 0.05) is 17.4 Å². The van der Waals surface area contributed by atoms with E-state index < -0.39 is 24.2 Å². The van der Waals surface area contributed by atoms with Gasteiger partial charge in [0.15, 0.2) is 0 Å². The first-order valence-corrected chi connectivity index (χ1v) is 13.8. The maximum Gasteiger partial charge on any atom is 0.134 e. The highest BCUT2D eigenvalue weighted by Gasteiger charge is 2.19. The predicted molar refractivity (Wildman–Crippen MR) is 174 cm³/mol. The van der Waals surface area contributed by atoms with Gasteiger partial charge in [-0.15, -0.1) is 0 Å². The average Bonchev–Trinajstić information content (AvgIpc) is 3.51. The zero-order chi connectivity index (χ0) is 33.9. The fraction of sp³-hybridized carbons (Fsp3) is 0.0500. The van der Waals surface area contributed by atoms with Crippen LogP contribution in [0.25, 0.3) is 82.4 Å². The molecule has 0 atom stereocenters. The van der Waals surface area contributed by atoms with E-state index >= 15 is 0 Å². The van der Waals surface area contributed by atoms with Crippen molar-refractivity contribution in [1.82, 2.24) is 0 Å². The summed E-state index contributed by atoms with van der Waals surface area (Å²) in [5.41, 5.74) is 3.45. The van der Waals surface area contributed by atoms with E-state index in [0.717, 1.165) is 51.1 Å². The van der Waals surface area contributed by atoms with Crippen LogP contribution in [0.4, 0.5) is 0 Å². The molecule has 1 heteroatoms. The van der Waals surface area contributed by atoms with Crippen molar-refractivity contribution >= 4 is 60.1 Å². The normalized spacial score (nSPS) is 15.8. The second kappa shape index (κ2) is 8.68. The molecular formula is C40H26O. The van der Waals surface area contributed by atoms with Crippen LogP contribution in [-0.2, 0) is 6.42 Å². The first-order chi connectivity index (χ1) is 23.7. The van der Waals surface area contributed by atoms with Gasteiger partial charge in [-0.05, 0) is 90.0 Å². The quantitative estimate of drug-likeness (QED) is 0.160. The van der Waals surface area contributed by atoms with Crippen molar-refractivity contribution in [2.45, 2.75) is 12.8 Å². The standard InChI is InChI=1S/C40H26O/c1-2-10-29-25(9-1)17-18-26-19-20-27(23-35(26)29)39-31-12-3-5-14-33(31)40(34-15-6-4-13-32(34)39)28-21-22-38-36(24-28)30-11-7-8-16-37(30)41-38/h1-7,9-15,17-24H,8,16H2/i3D,4D,5D,6D,12D,13D,14D,15D. The minimum atomic E-state index is -0.418. The second-order valence-electron chi connectivity index (χ2n) is 10.6. The number of aryl methyl sites for hydroxylation is 1. The molecular weight excluding hydrogens is 496 g/mol. The van der Waals surface area contributed by atoms with Gasteiger partial charge in [0.25, 0.3) is 0 Å². The summed E-state index contributed by atoms with van der Waals surface area (Å²) >= 11 is 0. The lowest BCUT2D eigenvalue weighted by Crippen LogP contribution is -1.91. The molecule has 41 heavy (non-hydrogen) atoms. The van der Waals surface area contributed by atoms with Crippen LogP contribution >= 0.6 is 0 Å². The first kappa shape index (κ1) is 16.2. The third-order valence-electron chi connectivity index (χ3n) is 8.32. The summed E-state index contributed by atoms with van der Waals surface area (Å²) in [6, 6.07) is 20.6. The molecule has 1 nitrogen and oxygen atoms in total. The van der Waals surface area contributed by atoms with Crippen LogP contribution in [0.15, 0.2) is 132 Å². The molecule has 1 heterocycles. The van der Waals surface area contributed by atoms with Gasteiger partial charge in [0.1, 0.15) is 11.3 Å². The van der Waals surface area contributed by atoms with E-state index in [4.69, 9.17) is 9.90 Å². The molecule has 9 rings (SSSR count). The second-order valence-corrected chi connectivity index (χ2v) is 10.6. The number of hydrogen-bond acceptors (Lipinski definition) is 1. The average molecular weight is 531 g/mol. The van der Waals surface area contributed by atoms with E-state index in [1.807, 2.05) is 72.8 Å². The minimum absolute atomic E-state index is 0.198. The fourth-order valence-electron chi connectivity index (χ4n) is 6.47. The highest BCUT2D eigenvalue weighted by atomic mass is 16.3. The number of furan rings is 1. The number of rotatable bonds is 2. The molecule has 8 aromatic rings. The van der Waals surface area contributed by atoms with E-state index in [1.165, 1.54) is 0 Å². The van der Waals surface area contributed by atoms with E-state index in [1.54, 1.807) is 6.07 Å². The van der Waals surface area contributed by atoms with Gasteiger partial charge in [-0.25, -0.2) is 0 Å². The van der Waals surface area contributed by atoms with E-state index in [2.05, 4.69) is 6.08 Å². The highest BCUT2D eigenvalue weighted by Crippen LogP contribution is 2.45. The van der Waals surface area contributed by atoms with Crippen LogP contribution in [0.5, 0.6) is 0 Å². The summed E-state index contributed by atoms with van der Waals surface area (Å²) in [5.74, 6) is 0.868. The Morgan fingerprint density at radius 2 is 1.15 bits per heavy atom. The Kier molecular flexibility index (Phi) is 3.43. The molecule has 1 aliphatic rings. The molecule has 0 saturated carbocycles. The van der Waals surface area contributed by atoms with Crippen molar-refractivity contribution in [3.63, 3.8) is 0 Å². The Bertz CT molecular complexity index is 2730.